The quantitative estimate of drug-likeness (QED) is 0.636. The van der Waals surface area contributed by atoms with Crippen molar-refractivity contribution < 1.29 is 0 Å². The lowest BCUT2D eigenvalue weighted by molar-refractivity contribution is 0.949. The van der Waals surface area contributed by atoms with Crippen molar-refractivity contribution in [3.05, 3.63) is 69.7 Å². The topological polar surface area (TPSA) is 0 Å². The molecule has 88 valence electrons. The normalized spacial score (nSPS) is 12.4. The van der Waals surface area contributed by atoms with Crippen LogP contribution in [0.15, 0.2) is 48.5 Å². The molecule has 1 atom stereocenters. The highest BCUT2D eigenvalue weighted by molar-refractivity contribution is 9.09. The van der Waals surface area contributed by atoms with Crippen LogP contribution in [0.4, 0.5) is 0 Å². The maximum Gasteiger partial charge on any atom is 0.0595 e. The van der Waals surface area contributed by atoms with Gasteiger partial charge >= 0.3 is 0 Å². The third kappa shape index (κ3) is 3.48. The summed E-state index contributed by atoms with van der Waals surface area (Å²) in [6, 6.07) is 16.1. The molecule has 0 fully saturated rings. The molecule has 0 radical (unpaired) electrons. The SMILES string of the molecule is Clc1ccc(C(Br)Cc2ccccc2)cc1Cl. The minimum atomic E-state index is 0.250. The Morgan fingerprint density at radius 2 is 1.65 bits per heavy atom. The fraction of sp³-hybridized carbons (Fsp3) is 0.143. The van der Waals surface area contributed by atoms with Gasteiger partial charge in [-0.1, -0.05) is 75.5 Å². The van der Waals surface area contributed by atoms with Crippen molar-refractivity contribution in [2.45, 2.75) is 11.2 Å². The van der Waals surface area contributed by atoms with Crippen molar-refractivity contribution in [3.8, 4) is 0 Å². The van der Waals surface area contributed by atoms with Gasteiger partial charge in [-0.25, -0.2) is 0 Å². The van der Waals surface area contributed by atoms with Crippen LogP contribution in [0.2, 0.25) is 10.0 Å². The monoisotopic (exact) mass is 328 g/mol. The van der Waals surface area contributed by atoms with Gasteiger partial charge in [-0.2, -0.15) is 0 Å². The summed E-state index contributed by atoms with van der Waals surface area (Å²) in [6.07, 6.45) is 0.929. The molecule has 0 aliphatic rings. The first-order valence-electron chi connectivity index (χ1n) is 5.30. The van der Waals surface area contributed by atoms with Crippen molar-refractivity contribution in [1.82, 2.24) is 0 Å². The summed E-state index contributed by atoms with van der Waals surface area (Å²) in [5, 5.41) is 1.19. The third-order valence-electron chi connectivity index (χ3n) is 2.56. The molecular weight excluding hydrogens is 319 g/mol. The van der Waals surface area contributed by atoms with Crippen LogP contribution in [0.3, 0.4) is 0 Å². The smallest absolute Gasteiger partial charge is 0.0595 e. The summed E-state index contributed by atoms with van der Waals surface area (Å²) < 4.78 is 0. The summed E-state index contributed by atoms with van der Waals surface area (Å²) in [5.41, 5.74) is 2.43. The molecule has 0 aromatic heterocycles. The van der Waals surface area contributed by atoms with E-state index in [4.69, 9.17) is 23.2 Å². The highest BCUT2D eigenvalue weighted by atomic mass is 79.9. The molecule has 0 saturated heterocycles. The fourth-order valence-electron chi connectivity index (χ4n) is 1.65. The Morgan fingerprint density at radius 3 is 2.29 bits per heavy atom. The first-order chi connectivity index (χ1) is 8.16. The van der Waals surface area contributed by atoms with Gasteiger partial charge < -0.3 is 0 Å². The van der Waals surface area contributed by atoms with Gasteiger partial charge in [0.1, 0.15) is 0 Å². The minimum absolute atomic E-state index is 0.250. The Kier molecular flexibility index (Phi) is 4.49. The molecule has 1 unspecified atom stereocenters. The zero-order valence-electron chi connectivity index (χ0n) is 9.04. The third-order valence-corrected chi connectivity index (χ3v) is 4.15. The summed E-state index contributed by atoms with van der Waals surface area (Å²) >= 11 is 15.6. The Bertz CT molecular complexity index is 497. The first kappa shape index (κ1) is 12.9. The van der Waals surface area contributed by atoms with Gasteiger partial charge in [-0.05, 0) is 29.7 Å². The maximum absolute atomic E-state index is 6.01. The molecule has 0 aliphatic heterocycles. The van der Waals surface area contributed by atoms with E-state index in [0.29, 0.717) is 10.0 Å². The van der Waals surface area contributed by atoms with Crippen LogP contribution >= 0.6 is 39.1 Å². The van der Waals surface area contributed by atoms with Gasteiger partial charge in [0.25, 0.3) is 0 Å². The van der Waals surface area contributed by atoms with Crippen LogP contribution < -0.4 is 0 Å². The van der Waals surface area contributed by atoms with E-state index < -0.39 is 0 Å². The molecule has 0 heterocycles. The molecule has 0 saturated carbocycles. The molecule has 0 N–H and O–H groups in total. The lowest BCUT2D eigenvalue weighted by atomic mass is 10.0. The molecule has 3 heteroatoms. The van der Waals surface area contributed by atoms with E-state index in [2.05, 4.69) is 28.1 Å². The highest BCUT2D eigenvalue weighted by Gasteiger charge is 2.10. The molecule has 0 bridgehead atoms. The summed E-state index contributed by atoms with van der Waals surface area (Å²) in [6.45, 7) is 0. The predicted octanol–water partition coefficient (Wildman–Crippen LogP) is 5.67. The van der Waals surface area contributed by atoms with Crippen molar-refractivity contribution in [2.75, 3.05) is 0 Å². The van der Waals surface area contributed by atoms with Crippen LogP contribution in [0.5, 0.6) is 0 Å². The lowest BCUT2D eigenvalue weighted by Gasteiger charge is -2.11. The van der Waals surface area contributed by atoms with Crippen molar-refractivity contribution in [3.63, 3.8) is 0 Å². The maximum atomic E-state index is 6.01. The van der Waals surface area contributed by atoms with E-state index in [1.807, 2.05) is 36.4 Å². The predicted molar refractivity (Wildman–Crippen MR) is 78.3 cm³/mol. The van der Waals surface area contributed by atoms with Gasteiger partial charge in [-0.3, -0.25) is 0 Å². The average Bonchev–Trinajstić information content (AvgIpc) is 2.34. The summed E-state index contributed by atoms with van der Waals surface area (Å²) in [4.78, 5) is 0.250. The molecule has 2 rings (SSSR count). The molecule has 0 amide bonds. The Morgan fingerprint density at radius 1 is 0.941 bits per heavy atom. The van der Waals surface area contributed by atoms with Crippen LogP contribution in [0.25, 0.3) is 0 Å². The van der Waals surface area contributed by atoms with E-state index in [9.17, 15) is 0 Å². The van der Waals surface area contributed by atoms with Gasteiger partial charge in [0.2, 0.25) is 0 Å². The van der Waals surface area contributed by atoms with E-state index >= 15 is 0 Å². The fourth-order valence-corrected chi connectivity index (χ4v) is 2.61. The molecule has 2 aromatic carbocycles. The Balaban J connectivity index is 2.14. The Labute approximate surface area is 120 Å². The summed E-state index contributed by atoms with van der Waals surface area (Å²) in [5.74, 6) is 0. The second-order valence-electron chi connectivity index (χ2n) is 3.83. The largest absolute Gasteiger partial charge is 0.0835 e. The van der Waals surface area contributed by atoms with Crippen molar-refractivity contribution >= 4 is 39.1 Å². The lowest BCUT2D eigenvalue weighted by Crippen LogP contribution is -1.95. The zero-order valence-corrected chi connectivity index (χ0v) is 12.1. The number of alkyl halides is 1. The Hall–Kier alpha value is -0.500. The number of hydrogen-bond donors (Lipinski definition) is 0. The number of halogens is 3. The molecular formula is C14H11BrCl2. The second kappa shape index (κ2) is 5.90. The highest BCUT2D eigenvalue weighted by Crippen LogP contribution is 2.31. The second-order valence-corrected chi connectivity index (χ2v) is 5.75. The molecule has 0 spiro atoms. The van der Waals surface area contributed by atoms with Gasteiger partial charge in [-0.15, -0.1) is 0 Å². The molecule has 17 heavy (non-hydrogen) atoms. The zero-order chi connectivity index (χ0) is 12.3. The number of rotatable bonds is 3. The van der Waals surface area contributed by atoms with Gasteiger partial charge in [0.05, 0.1) is 10.0 Å². The first-order valence-corrected chi connectivity index (χ1v) is 6.97. The van der Waals surface area contributed by atoms with Crippen molar-refractivity contribution in [2.24, 2.45) is 0 Å². The molecule has 2 aromatic rings. The van der Waals surface area contributed by atoms with Crippen LogP contribution in [-0.4, -0.2) is 0 Å². The van der Waals surface area contributed by atoms with Crippen LogP contribution in [-0.2, 0) is 6.42 Å². The van der Waals surface area contributed by atoms with E-state index in [-0.39, 0.29) is 4.83 Å². The van der Waals surface area contributed by atoms with Gasteiger partial charge in [0.15, 0.2) is 0 Å². The van der Waals surface area contributed by atoms with Crippen LogP contribution in [0.1, 0.15) is 16.0 Å². The number of benzene rings is 2. The standard InChI is InChI=1S/C14H11BrCl2/c15-12(8-10-4-2-1-3-5-10)11-6-7-13(16)14(17)9-11/h1-7,9,12H,8H2. The van der Waals surface area contributed by atoms with E-state index in [0.717, 1.165) is 12.0 Å². The van der Waals surface area contributed by atoms with Crippen LogP contribution in [0, 0.1) is 0 Å². The van der Waals surface area contributed by atoms with Crippen molar-refractivity contribution in [1.29, 1.82) is 0 Å². The van der Waals surface area contributed by atoms with Gasteiger partial charge in [0, 0.05) is 4.83 Å². The summed E-state index contributed by atoms with van der Waals surface area (Å²) in [7, 11) is 0. The average molecular weight is 330 g/mol. The number of hydrogen-bond acceptors (Lipinski definition) is 0. The molecule has 0 nitrogen and oxygen atoms in total. The minimum Gasteiger partial charge on any atom is -0.0835 e. The van der Waals surface area contributed by atoms with E-state index in [1.54, 1.807) is 0 Å². The molecule has 0 aliphatic carbocycles. The van der Waals surface area contributed by atoms with E-state index in [1.165, 1.54) is 5.56 Å².